The number of pyridine rings is 1. The molecule has 0 fully saturated rings. The van der Waals surface area contributed by atoms with E-state index in [9.17, 15) is 9.90 Å². The van der Waals surface area contributed by atoms with Gasteiger partial charge in [0.2, 0.25) is 0 Å². The van der Waals surface area contributed by atoms with Crippen LogP contribution in [-0.2, 0) is 24.9 Å². The molecule has 231 valence electrons. The molecule has 45 heavy (non-hydrogen) atoms. The van der Waals surface area contributed by atoms with Gasteiger partial charge in [-0.1, -0.05) is 124 Å². The summed E-state index contributed by atoms with van der Waals surface area (Å²) in [5, 5.41) is 18.4. The number of rotatable bonds is 8. The van der Waals surface area contributed by atoms with Crippen LogP contribution in [0, 0.1) is 18.0 Å². The Kier molecular flexibility index (Phi) is 10.0. The summed E-state index contributed by atoms with van der Waals surface area (Å²) in [7, 11) is 0. The van der Waals surface area contributed by atoms with E-state index >= 15 is 0 Å². The Morgan fingerprint density at radius 1 is 0.778 bits per heavy atom. The maximum absolute atomic E-state index is 11.7. The second-order valence-electron chi connectivity index (χ2n) is 11.6. The molecule has 4 nitrogen and oxygen atoms in total. The molecule has 4 aromatic carbocycles. The molecule has 0 atom stereocenters. The van der Waals surface area contributed by atoms with Crippen LogP contribution in [0.2, 0.25) is 0 Å². The third kappa shape index (κ3) is 6.00. The quantitative estimate of drug-likeness (QED) is 0.0951. The number of benzene rings is 4. The number of allylic oxidation sites excluding steroid dienone is 2. The summed E-state index contributed by atoms with van der Waals surface area (Å²) in [6, 6.07) is 30.1. The van der Waals surface area contributed by atoms with Crippen molar-refractivity contribution in [2.75, 3.05) is 0 Å². The van der Waals surface area contributed by atoms with Gasteiger partial charge in [0.1, 0.15) is 0 Å². The van der Waals surface area contributed by atoms with E-state index < -0.39 is 0 Å². The molecule has 0 aliphatic carbocycles. The van der Waals surface area contributed by atoms with Crippen molar-refractivity contribution in [2.45, 2.75) is 53.4 Å². The molecule has 0 aliphatic rings. The number of hydrogen-bond acceptors (Lipinski definition) is 3. The molecule has 0 unspecified atom stereocenters. The first-order chi connectivity index (χ1) is 21.5. The molecule has 0 saturated carbocycles. The van der Waals surface area contributed by atoms with Crippen LogP contribution in [0.15, 0.2) is 103 Å². The second-order valence-corrected chi connectivity index (χ2v) is 11.6. The summed E-state index contributed by atoms with van der Waals surface area (Å²) in [5.74, 6) is 0.547. The van der Waals surface area contributed by atoms with Crippen molar-refractivity contribution in [3.8, 4) is 11.3 Å². The monoisotopic (exact) mass is 772 g/mol. The molecule has 0 spiro atoms. The summed E-state index contributed by atoms with van der Waals surface area (Å²) in [4.78, 5) is 16.5. The Bertz CT molecular complexity index is 2120. The fraction of sp³-hybridized carbons (Fsp3) is 0.250. The van der Waals surface area contributed by atoms with Crippen molar-refractivity contribution >= 4 is 54.5 Å². The number of carbonyl (C=O) groups is 1. The third-order valence-corrected chi connectivity index (χ3v) is 9.12. The first-order valence-electron chi connectivity index (χ1n) is 15.9. The minimum atomic E-state index is 0. The second kappa shape index (κ2) is 13.9. The molecule has 0 aliphatic heterocycles. The standard InChI is InChI=1S/C27H15N2.C13H24O2.Ir/c1-2-9-19-15-28-24(14-17(19)7-1)23-16-29-25-12-6-5-11-21(25)22-13-18-8-3-4-10-20(18)26(23)27(22)29;1-5-10(6-2)12(14)9-13(15)11(7-3)8-4;/h1-15H;9-11,14H,5-8H2,1-4H3;/q-1;;/b;12-9-;. The van der Waals surface area contributed by atoms with E-state index in [4.69, 9.17) is 4.98 Å². The van der Waals surface area contributed by atoms with Crippen LogP contribution < -0.4 is 0 Å². The summed E-state index contributed by atoms with van der Waals surface area (Å²) in [6.07, 6.45) is 10.5. The number of hydrogen-bond donors (Lipinski definition) is 1. The van der Waals surface area contributed by atoms with E-state index in [0.717, 1.165) is 42.3 Å². The largest absolute Gasteiger partial charge is 0.512 e. The van der Waals surface area contributed by atoms with Gasteiger partial charge in [0.25, 0.3) is 0 Å². The Morgan fingerprint density at radius 2 is 1.38 bits per heavy atom. The SMILES string of the molecule is CCC(CC)C(=O)/C=C(\O)C(CC)CC.[Ir].[c-]1c(-c2cc3ccccc3cn2)c2c3ccccc3cc3c4ccccc4n1c32. The molecule has 3 aromatic heterocycles. The van der Waals surface area contributed by atoms with Crippen LogP contribution in [0.5, 0.6) is 0 Å². The first-order valence-corrected chi connectivity index (χ1v) is 15.9. The van der Waals surface area contributed by atoms with Crippen LogP contribution in [-0.4, -0.2) is 20.3 Å². The molecule has 0 amide bonds. The van der Waals surface area contributed by atoms with Gasteiger partial charge in [-0.3, -0.25) is 9.78 Å². The maximum Gasteiger partial charge on any atom is 0.162 e. The molecule has 0 saturated heterocycles. The van der Waals surface area contributed by atoms with Crippen LogP contribution in [0.25, 0.3) is 60.0 Å². The number of fused-ring (bicyclic) bond motifs is 6. The van der Waals surface area contributed by atoms with E-state index in [1.807, 2.05) is 33.9 Å². The van der Waals surface area contributed by atoms with Crippen molar-refractivity contribution in [3.63, 3.8) is 0 Å². The minimum absolute atomic E-state index is 0. The molecule has 1 N–H and O–H groups in total. The first kappa shape index (κ1) is 32.3. The fourth-order valence-electron chi connectivity index (χ4n) is 6.51. The summed E-state index contributed by atoms with van der Waals surface area (Å²) >= 11 is 0. The zero-order chi connectivity index (χ0) is 30.8. The van der Waals surface area contributed by atoms with E-state index in [1.165, 1.54) is 49.4 Å². The van der Waals surface area contributed by atoms with E-state index in [0.29, 0.717) is 0 Å². The van der Waals surface area contributed by atoms with Crippen LogP contribution in [0.1, 0.15) is 53.4 Å². The van der Waals surface area contributed by atoms with Gasteiger partial charge >= 0.3 is 0 Å². The van der Waals surface area contributed by atoms with Gasteiger partial charge in [-0.05, 0) is 75.2 Å². The van der Waals surface area contributed by atoms with E-state index in [2.05, 4.69) is 95.5 Å². The third-order valence-electron chi connectivity index (χ3n) is 9.12. The molecule has 7 rings (SSSR count). The van der Waals surface area contributed by atoms with Crippen molar-refractivity contribution < 1.29 is 30.0 Å². The van der Waals surface area contributed by atoms with Gasteiger partial charge in [-0.15, -0.1) is 0 Å². The van der Waals surface area contributed by atoms with Gasteiger partial charge in [-0.2, -0.15) is 0 Å². The summed E-state index contributed by atoms with van der Waals surface area (Å²) in [6.45, 7) is 8.07. The maximum atomic E-state index is 11.7. The molecule has 3 heterocycles. The van der Waals surface area contributed by atoms with E-state index in [-0.39, 0.29) is 43.5 Å². The Hall–Kier alpha value is -4.05. The molecule has 7 aromatic rings. The number of para-hydroxylation sites is 1. The number of aliphatic hydroxyl groups excluding tert-OH is 1. The number of carbonyl (C=O) groups excluding carboxylic acids is 1. The summed E-state index contributed by atoms with van der Waals surface area (Å²) < 4.78 is 2.22. The molecule has 5 heteroatoms. The van der Waals surface area contributed by atoms with Gasteiger partial charge in [0, 0.05) is 49.9 Å². The summed E-state index contributed by atoms with van der Waals surface area (Å²) in [5.41, 5.74) is 4.46. The zero-order valence-electron chi connectivity index (χ0n) is 26.3. The van der Waals surface area contributed by atoms with E-state index in [1.54, 1.807) is 0 Å². The van der Waals surface area contributed by atoms with Gasteiger partial charge < -0.3 is 9.51 Å². The number of aromatic nitrogens is 2. The van der Waals surface area contributed by atoms with Gasteiger partial charge in [-0.25, -0.2) is 0 Å². The Balaban J connectivity index is 0.000000217. The van der Waals surface area contributed by atoms with Gasteiger partial charge in [0.15, 0.2) is 5.78 Å². The van der Waals surface area contributed by atoms with Crippen LogP contribution in [0.3, 0.4) is 0 Å². The predicted octanol–water partition coefficient (Wildman–Crippen LogP) is 10.7. The van der Waals surface area contributed by atoms with Gasteiger partial charge in [0.05, 0.1) is 5.76 Å². The minimum Gasteiger partial charge on any atom is -0.512 e. The Labute approximate surface area is 278 Å². The van der Waals surface area contributed by atoms with Crippen molar-refractivity contribution in [2.24, 2.45) is 11.8 Å². The number of nitrogens with zero attached hydrogens (tertiary/aromatic N) is 2. The van der Waals surface area contributed by atoms with Crippen LogP contribution in [0.4, 0.5) is 0 Å². The average molecular weight is 772 g/mol. The molecular weight excluding hydrogens is 733 g/mol. The van der Waals surface area contributed by atoms with Crippen molar-refractivity contribution in [1.82, 2.24) is 9.38 Å². The number of aliphatic hydroxyl groups is 1. The smallest absolute Gasteiger partial charge is 0.162 e. The predicted molar refractivity (Wildman–Crippen MR) is 185 cm³/mol. The average Bonchev–Trinajstić information content (AvgIpc) is 3.60. The topological polar surface area (TPSA) is 54.6 Å². The van der Waals surface area contributed by atoms with Crippen molar-refractivity contribution in [3.05, 3.63) is 109 Å². The zero-order valence-corrected chi connectivity index (χ0v) is 28.7. The molecule has 0 bridgehead atoms. The fourth-order valence-corrected chi connectivity index (χ4v) is 6.51. The normalized spacial score (nSPS) is 12.0. The molecular formula is C40H39IrN2O2-. The Morgan fingerprint density at radius 3 is 2.07 bits per heavy atom. The molecule has 1 radical (unpaired) electrons. The van der Waals surface area contributed by atoms with Crippen LogP contribution >= 0.6 is 0 Å². The van der Waals surface area contributed by atoms with Crippen molar-refractivity contribution in [1.29, 1.82) is 0 Å². The number of ketones is 1.